The highest BCUT2D eigenvalue weighted by atomic mass is 32.1. The maximum Gasteiger partial charge on any atom is 0.126 e. The first kappa shape index (κ1) is 11.5. The minimum Gasteiger partial charge on any atom is -0.397 e. The van der Waals surface area contributed by atoms with E-state index in [0.717, 1.165) is 24.0 Å². The lowest BCUT2D eigenvalue weighted by Crippen LogP contribution is -2.09. The van der Waals surface area contributed by atoms with Gasteiger partial charge in [-0.15, -0.1) is 11.3 Å². The summed E-state index contributed by atoms with van der Waals surface area (Å²) in [5.41, 5.74) is 7.37. The summed E-state index contributed by atoms with van der Waals surface area (Å²) in [4.78, 5) is 8.87. The van der Waals surface area contributed by atoms with Gasteiger partial charge in [0.25, 0.3) is 0 Å². The number of rotatable bonds is 4. The summed E-state index contributed by atoms with van der Waals surface area (Å²) in [5, 5.41) is 6.69. The molecule has 0 saturated heterocycles. The van der Waals surface area contributed by atoms with E-state index >= 15 is 0 Å². The number of nitrogens with two attached hydrogens (primary N) is 1. The molecular weight excluding hydrogens is 244 g/mol. The second-order valence-corrected chi connectivity index (χ2v) is 5.52. The van der Waals surface area contributed by atoms with Crippen molar-refractivity contribution in [2.45, 2.75) is 31.7 Å². The van der Waals surface area contributed by atoms with Gasteiger partial charge < -0.3 is 11.1 Å². The number of nitrogens with zero attached hydrogens (tertiary/aromatic N) is 2. The number of pyridine rings is 1. The van der Waals surface area contributed by atoms with Crippen LogP contribution in [0.15, 0.2) is 23.7 Å². The summed E-state index contributed by atoms with van der Waals surface area (Å²) in [7, 11) is 0. The molecule has 0 aliphatic heterocycles. The maximum absolute atomic E-state index is 5.59. The molecule has 0 unspecified atom stereocenters. The van der Waals surface area contributed by atoms with Crippen molar-refractivity contribution in [3.05, 3.63) is 34.4 Å². The number of aromatic nitrogens is 2. The Kier molecular flexibility index (Phi) is 3.15. The van der Waals surface area contributed by atoms with Crippen molar-refractivity contribution >= 4 is 22.8 Å². The van der Waals surface area contributed by atoms with Crippen molar-refractivity contribution in [1.82, 2.24) is 9.97 Å². The predicted molar refractivity (Wildman–Crippen MR) is 74.7 cm³/mol. The predicted octanol–water partition coefficient (Wildman–Crippen LogP) is 3.00. The molecule has 3 N–H and O–H groups in total. The molecule has 0 amide bonds. The minimum atomic E-state index is 0.682. The molecule has 0 radical (unpaired) electrons. The Bertz CT molecular complexity index is 516. The third-order valence-electron chi connectivity index (χ3n) is 3.26. The molecule has 0 bridgehead atoms. The Morgan fingerprint density at radius 2 is 2.28 bits per heavy atom. The fourth-order valence-corrected chi connectivity index (χ4v) is 2.93. The van der Waals surface area contributed by atoms with Gasteiger partial charge in [0.05, 0.1) is 29.1 Å². The van der Waals surface area contributed by atoms with Gasteiger partial charge >= 0.3 is 0 Å². The quantitative estimate of drug-likeness (QED) is 0.887. The lowest BCUT2D eigenvalue weighted by molar-refractivity contribution is 0.418. The van der Waals surface area contributed by atoms with Crippen molar-refractivity contribution in [2.24, 2.45) is 0 Å². The zero-order chi connectivity index (χ0) is 12.4. The molecule has 1 saturated carbocycles. The van der Waals surface area contributed by atoms with E-state index < -0.39 is 0 Å². The average Bonchev–Trinajstić information content (AvgIpc) is 2.75. The van der Waals surface area contributed by atoms with Gasteiger partial charge in [0.15, 0.2) is 0 Å². The molecule has 0 aromatic carbocycles. The zero-order valence-corrected chi connectivity index (χ0v) is 10.9. The first-order chi connectivity index (χ1) is 8.81. The molecular formula is C13H16N4S. The zero-order valence-electron chi connectivity index (χ0n) is 10.1. The summed E-state index contributed by atoms with van der Waals surface area (Å²) in [6.45, 7) is 0.722. The van der Waals surface area contributed by atoms with Gasteiger partial charge in [-0.25, -0.2) is 9.97 Å². The van der Waals surface area contributed by atoms with E-state index in [4.69, 9.17) is 5.73 Å². The van der Waals surface area contributed by atoms with Crippen LogP contribution in [0.3, 0.4) is 0 Å². The monoisotopic (exact) mass is 260 g/mol. The SMILES string of the molecule is Nc1ccc(NCc2csc(C3CCC3)n2)nc1. The van der Waals surface area contributed by atoms with Crippen LogP contribution in [0.2, 0.25) is 0 Å². The lowest BCUT2D eigenvalue weighted by Gasteiger charge is -2.22. The van der Waals surface area contributed by atoms with Crippen LogP contribution in [-0.2, 0) is 6.54 Å². The van der Waals surface area contributed by atoms with Crippen molar-refractivity contribution < 1.29 is 0 Å². The molecule has 2 aromatic rings. The third-order valence-corrected chi connectivity index (χ3v) is 4.32. The lowest BCUT2D eigenvalue weighted by atomic mass is 9.86. The van der Waals surface area contributed by atoms with Crippen LogP contribution in [0.4, 0.5) is 11.5 Å². The standard InChI is InChI=1S/C13H16N4S/c14-10-4-5-12(15-6-10)16-7-11-8-18-13(17-11)9-2-1-3-9/h4-6,8-9H,1-3,7,14H2,(H,15,16). The van der Waals surface area contributed by atoms with Gasteiger partial charge in [-0.05, 0) is 25.0 Å². The van der Waals surface area contributed by atoms with E-state index in [1.807, 2.05) is 12.1 Å². The minimum absolute atomic E-state index is 0.682. The Hall–Kier alpha value is -1.62. The molecule has 18 heavy (non-hydrogen) atoms. The van der Waals surface area contributed by atoms with Crippen LogP contribution in [0.25, 0.3) is 0 Å². The molecule has 0 atom stereocenters. The van der Waals surface area contributed by atoms with Gasteiger partial charge in [0.2, 0.25) is 0 Å². The van der Waals surface area contributed by atoms with Gasteiger partial charge in [-0.2, -0.15) is 0 Å². The summed E-state index contributed by atoms with van der Waals surface area (Å²) >= 11 is 1.78. The van der Waals surface area contributed by atoms with Gasteiger partial charge in [-0.3, -0.25) is 0 Å². The molecule has 94 valence electrons. The van der Waals surface area contributed by atoms with Crippen LogP contribution in [0, 0.1) is 0 Å². The van der Waals surface area contributed by atoms with Gasteiger partial charge in [0.1, 0.15) is 5.82 Å². The molecule has 0 spiro atoms. The summed E-state index contributed by atoms with van der Waals surface area (Å²) < 4.78 is 0. The second-order valence-electron chi connectivity index (χ2n) is 4.64. The van der Waals surface area contributed by atoms with E-state index in [1.165, 1.54) is 24.3 Å². The number of hydrogen-bond acceptors (Lipinski definition) is 5. The Balaban J connectivity index is 1.59. The molecule has 2 heterocycles. The van der Waals surface area contributed by atoms with E-state index in [0.29, 0.717) is 5.69 Å². The molecule has 1 fully saturated rings. The molecule has 4 nitrogen and oxygen atoms in total. The number of nitrogens with one attached hydrogen (secondary N) is 1. The maximum atomic E-state index is 5.59. The summed E-state index contributed by atoms with van der Waals surface area (Å²) in [6.07, 6.45) is 5.62. The smallest absolute Gasteiger partial charge is 0.126 e. The van der Waals surface area contributed by atoms with Crippen LogP contribution < -0.4 is 11.1 Å². The van der Waals surface area contributed by atoms with E-state index in [1.54, 1.807) is 17.5 Å². The highest BCUT2D eigenvalue weighted by Crippen LogP contribution is 2.37. The highest BCUT2D eigenvalue weighted by Gasteiger charge is 2.22. The first-order valence-electron chi connectivity index (χ1n) is 6.21. The number of nitrogen functional groups attached to an aromatic ring is 1. The van der Waals surface area contributed by atoms with Crippen LogP contribution in [0.5, 0.6) is 0 Å². The van der Waals surface area contributed by atoms with E-state index in [2.05, 4.69) is 20.7 Å². The van der Waals surface area contributed by atoms with Gasteiger partial charge in [0, 0.05) is 11.3 Å². The van der Waals surface area contributed by atoms with Crippen molar-refractivity contribution in [2.75, 3.05) is 11.1 Å². The topological polar surface area (TPSA) is 63.8 Å². The van der Waals surface area contributed by atoms with E-state index in [9.17, 15) is 0 Å². The van der Waals surface area contributed by atoms with Crippen molar-refractivity contribution in [3.63, 3.8) is 0 Å². The molecule has 1 aliphatic carbocycles. The Labute approximate surface area is 110 Å². The first-order valence-corrected chi connectivity index (χ1v) is 7.09. The molecule has 2 aromatic heterocycles. The summed E-state index contributed by atoms with van der Waals surface area (Å²) in [6, 6.07) is 3.73. The van der Waals surface area contributed by atoms with Gasteiger partial charge in [-0.1, -0.05) is 6.42 Å². The molecule has 1 aliphatic rings. The van der Waals surface area contributed by atoms with Crippen LogP contribution >= 0.6 is 11.3 Å². The van der Waals surface area contributed by atoms with E-state index in [-0.39, 0.29) is 0 Å². The molecule has 5 heteroatoms. The number of thiazole rings is 1. The fourth-order valence-electron chi connectivity index (χ4n) is 1.94. The number of anilines is 2. The molecule has 3 rings (SSSR count). The highest BCUT2D eigenvalue weighted by molar-refractivity contribution is 7.09. The average molecular weight is 260 g/mol. The Morgan fingerprint density at radius 1 is 1.39 bits per heavy atom. The van der Waals surface area contributed by atoms with Crippen molar-refractivity contribution in [3.8, 4) is 0 Å². The summed E-state index contributed by atoms with van der Waals surface area (Å²) in [5.74, 6) is 1.56. The third kappa shape index (κ3) is 2.46. The van der Waals surface area contributed by atoms with Crippen molar-refractivity contribution in [1.29, 1.82) is 0 Å². The Morgan fingerprint density at radius 3 is 2.94 bits per heavy atom. The van der Waals surface area contributed by atoms with Crippen LogP contribution in [0.1, 0.15) is 35.9 Å². The second kappa shape index (κ2) is 4.94. The largest absolute Gasteiger partial charge is 0.397 e. The normalized spacial score (nSPS) is 15.3. The van der Waals surface area contributed by atoms with Crippen LogP contribution in [-0.4, -0.2) is 9.97 Å². The fraction of sp³-hybridized carbons (Fsp3) is 0.385. The number of hydrogen-bond donors (Lipinski definition) is 2.